The molecule has 0 saturated heterocycles. The number of fused-ring (bicyclic) bond motifs is 5. The molecule has 3 N–H and O–H groups in total. The number of aliphatic hydroxyl groups excluding tert-OH is 1. The Hall–Kier alpha value is -3.71. The molecule has 4 aliphatic carbocycles. The minimum Gasteiger partial charge on any atom is -0.393 e. The Morgan fingerprint density at radius 3 is 2.47 bits per heavy atom. The Morgan fingerprint density at radius 2 is 1.71 bits per heavy atom. The van der Waals surface area contributed by atoms with E-state index in [1.807, 2.05) is 67.6 Å². The number of nitrogens with one attached hydrogen (secondary N) is 2. The SMILES string of the molecule is C/C(=N\NC(=Nc1ccccc1)c1c(C)[nH]n(-c2ccccc2)c1=O)[C@H]1CC[C@H]2[C@@H]3CC=C4C[C@@H](O)CC[C@]4(C)[C@H]3CC[C@]12C. The van der Waals surface area contributed by atoms with Gasteiger partial charge in [-0.25, -0.2) is 9.67 Å². The Kier molecular flexibility index (Phi) is 7.71. The van der Waals surface area contributed by atoms with Gasteiger partial charge in [-0.15, -0.1) is 0 Å². The average molecular weight is 606 g/mol. The van der Waals surface area contributed by atoms with Crippen LogP contribution in [0.3, 0.4) is 0 Å². The molecule has 7 rings (SSSR count). The lowest BCUT2D eigenvalue weighted by atomic mass is 9.47. The molecule has 0 spiro atoms. The summed E-state index contributed by atoms with van der Waals surface area (Å²) in [6.45, 7) is 9.08. The summed E-state index contributed by atoms with van der Waals surface area (Å²) in [4.78, 5) is 18.7. The molecule has 1 aromatic heterocycles. The number of para-hydroxylation sites is 2. The van der Waals surface area contributed by atoms with Crippen LogP contribution in [-0.4, -0.2) is 32.5 Å². The topological polar surface area (TPSA) is 94.8 Å². The fourth-order valence-electron chi connectivity index (χ4n) is 9.90. The molecule has 7 atom stereocenters. The molecule has 3 saturated carbocycles. The molecule has 0 bridgehead atoms. The summed E-state index contributed by atoms with van der Waals surface area (Å²) in [7, 11) is 0. The largest absolute Gasteiger partial charge is 0.393 e. The van der Waals surface area contributed by atoms with E-state index in [2.05, 4.69) is 37.4 Å². The highest BCUT2D eigenvalue weighted by molar-refractivity contribution is 6.01. The van der Waals surface area contributed by atoms with E-state index in [0.717, 1.165) is 54.9 Å². The summed E-state index contributed by atoms with van der Waals surface area (Å²) in [5, 5.41) is 18.6. The third-order valence-electron chi connectivity index (χ3n) is 12.2. The molecule has 7 heteroatoms. The smallest absolute Gasteiger partial charge is 0.282 e. The number of hydrogen-bond donors (Lipinski definition) is 3. The van der Waals surface area contributed by atoms with Gasteiger partial charge in [-0.2, -0.15) is 5.10 Å². The number of aliphatic hydroxyl groups is 1. The molecule has 2 aromatic carbocycles. The van der Waals surface area contributed by atoms with Crippen molar-refractivity contribution in [2.24, 2.45) is 44.6 Å². The third-order valence-corrected chi connectivity index (χ3v) is 12.2. The predicted molar refractivity (Wildman–Crippen MR) is 181 cm³/mol. The third kappa shape index (κ3) is 5.13. The second-order valence-corrected chi connectivity index (χ2v) is 14.6. The van der Waals surface area contributed by atoms with Crippen LogP contribution in [0.4, 0.5) is 5.69 Å². The molecule has 236 valence electrons. The van der Waals surface area contributed by atoms with Gasteiger partial charge in [0.05, 0.1) is 17.5 Å². The number of hydrogen-bond acceptors (Lipinski definition) is 4. The monoisotopic (exact) mass is 605 g/mol. The van der Waals surface area contributed by atoms with Crippen LogP contribution in [0.15, 0.2) is 87.2 Å². The molecule has 1 heterocycles. The van der Waals surface area contributed by atoms with Gasteiger partial charge in [0, 0.05) is 17.3 Å². The van der Waals surface area contributed by atoms with E-state index in [0.29, 0.717) is 35.1 Å². The van der Waals surface area contributed by atoms with Gasteiger partial charge < -0.3 is 5.11 Å². The summed E-state index contributed by atoms with van der Waals surface area (Å²) in [6.07, 6.45) is 11.3. The summed E-state index contributed by atoms with van der Waals surface area (Å²) in [6, 6.07) is 19.4. The first kappa shape index (κ1) is 30.0. The van der Waals surface area contributed by atoms with Gasteiger partial charge in [0.1, 0.15) is 5.56 Å². The van der Waals surface area contributed by atoms with Crippen LogP contribution < -0.4 is 11.0 Å². The number of benzene rings is 2. The minimum absolute atomic E-state index is 0.159. The molecule has 0 amide bonds. The number of amidine groups is 1. The van der Waals surface area contributed by atoms with E-state index in [4.69, 9.17) is 10.1 Å². The number of rotatable bonds is 5. The van der Waals surface area contributed by atoms with Crippen LogP contribution in [0.2, 0.25) is 0 Å². The fourth-order valence-corrected chi connectivity index (χ4v) is 9.90. The van der Waals surface area contributed by atoms with E-state index in [9.17, 15) is 9.90 Å². The normalized spacial score (nSPS) is 33.2. The van der Waals surface area contributed by atoms with E-state index in [1.165, 1.54) is 24.8 Å². The van der Waals surface area contributed by atoms with Crippen LogP contribution in [0.25, 0.3) is 5.69 Å². The second-order valence-electron chi connectivity index (χ2n) is 14.6. The predicted octanol–water partition coefficient (Wildman–Crippen LogP) is 7.46. The zero-order valence-electron chi connectivity index (χ0n) is 27.1. The van der Waals surface area contributed by atoms with Gasteiger partial charge >= 0.3 is 0 Å². The Morgan fingerprint density at radius 1 is 0.978 bits per heavy atom. The molecule has 4 aliphatic rings. The molecule has 45 heavy (non-hydrogen) atoms. The molecule has 7 nitrogen and oxygen atoms in total. The summed E-state index contributed by atoms with van der Waals surface area (Å²) >= 11 is 0. The second kappa shape index (κ2) is 11.6. The van der Waals surface area contributed by atoms with Gasteiger partial charge in [0.25, 0.3) is 5.56 Å². The fraction of sp³-hybridized carbons (Fsp3) is 0.500. The lowest BCUT2D eigenvalue weighted by molar-refractivity contribution is -0.0423. The maximum Gasteiger partial charge on any atom is 0.282 e. The highest BCUT2D eigenvalue weighted by atomic mass is 16.3. The number of aliphatic imine (C=N–C) groups is 1. The number of allylic oxidation sites excluding steroid dienone is 1. The highest BCUT2D eigenvalue weighted by Gasteiger charge is 2.59. The van der Waals surface area contributed by atoms with Crippen LogP contribution in [0.1, 0.15) is 83.4 Å². The zero-order chi connectivity index (χ0) is 31.3. The van der Waals surface area contributed by atoms with Crippen molar-refractivity contribution in [2.75, 3.05) is 0 Å². The summed E-state index contributed by atoms with van der Waals surface area (Å²) in [5.41, 5.74) is 8.97. The average Bonchev–Trinajstić information content (AvgIpc) is 3.55. The quantitative estimate of drug-likeness (QED) is 0.122. The van der Waals surface area contributed by atoms with E-state index in [-0.39, 0.29) is 22.5 Å². The first-order valence-corrected chi connectivity index (χ1v) is 16.9. The molecule has 0 aliphatic heterocycles. The van der Waals surface area contributed by atoms with Crippen molar-refractivity contribution in [3.63, 3.8) is 0 Å². The number of hydrazone groups is 1. The van der Waals surface area contributed by atoms with Gasteiger partial charge in [-0.3, -0.25) is 15.3 Å². The maximum atomic E-state index is 13.8. The number of aromatic amines is 1. The van der Waals surface area contributed by atoms with Gasteiger partial charge in [-0.05, 0) is 118 Å². The molecule has 0 unspecified atom stereocenters. The van der Waals surface area contributed by atoms with Crippen molar-refractivity contribution in [1.29, 1.82) is 0 Å². The number of aromatic nitrogens is 2. The lowest BCUT2D eigenvalue weighted by Crippen LogP contribution is -2.51. The Balaban J connectivity index is 1.17. The zero-order valence-corrected chi connectivity index (χ0v) is 27.1. The Bertz CT molecular complexity index is 1700. The van der Waals surface area contributed by atoms with Crippen LogP contribution in [-0.2, 0) is 0 Å². The van der Waals surface area contributed by atoms with Gasteiger partial charge in [-0.1, -0.05) is 61.9 Å². The number of nitrogens with zero attached hydrogens (tertiary/aromatic N) is 3. The minimum atomic E-state index is -0.163. The van der Waals surface area contributed by atoms with E-state index < -0.39 is 0 Å². The highest BCUT2D eigenvalue weighted by Crippen LogP contribution is 2.66. The van der Waals surface area contributed by atoms with Crippen LogP contribution in [0.5, 0.6) is 0 Å². The molecular formula is C38H47N5O2. The van der Waals surface area contributed by atoms with Crippen molar-refractivity contribution >= 4 is 17.2 Å². The first-order valence-electron chi connectivity index (χ1n) is 16.9. The number of H-pyrrole nitrogens is 1. The van der Waals surface area contributed by atoms with E-state index >= 15 is 0 Å². The van der Waals surface area contributed by atoms with Crippen LogP contribution in [0, 0.1) is 41.4 Å². The molecule has 3 fully saturated rings. The van der Waals surface area contributed by atoms with Crippen molar-refractivity contribution in [3.05, 3.63) is 93.9 Å². The summed E-state index contributed by atoms with van der Waals surface area (Å²) < 4.78 is 1.57. The van der Waals surface area contributed by atoms with Crippen LogP contribution >= 0.6 is 0 Å². The van der Waals surface area contributed by atoms with Crippen molar-refractivity contribution < 1.29 is 5.11 Å². The maximum absolute atomic E-state index is 13.8. The summed E-state index contributed by atoms with van der Waals surface area (Å²) in [5.74, 6) is 2.93. The van der Waals surface area contributed by atoms with Gasteiger partial charge in [0.2, 0.25) is 0 Å². The van der Waals surface area contributed by atoms with E-state index in [1.54, 1.807) is 4.68 Å². The Labute approximate surface area is 266 Å². The van der Waals surface area contributed by atoms with Crippen molar-refractivity contribution in [3.8, 4) is 5.69 Å². The van der Waals surface area contributed by atoms with Crippen molar-refractivity contribution in [1.82, 2.24) is 15.2 Å². The molecular weight excluding hydrogens is 558 g/mol. The van der Waals surface area contributed by atoms with Gasteiger partial charge in [0.15, 0.2) is 5.84 Å². The molecule has 3 aromatic rings. The first-order chi connectivity index (χ1) is 21.7. The lowest BCUT2D eigenvalue weighted by Gasteiger charge is -2.58. The molecule has 0 radical (unpaired) electrons. The standard InChI is InChI=1S/C38H47N5O2/c1-24(31-17-18-32-30-16-15-26-23-29(44)19-21-37(26,3)33(30)20-22-38(31,32)4)40-41-35(39-27-11-7-5-8-12-27)34-25(2)42-43(36(34)45)28-13-9-6-10-14-28/h5-15,29-33,42,44H,16-23H2,1-4H3,(H,39,41)/b40-24+/t29-,30-,31+,32-,33-,37-,38+/m0/s1. The van der Waals surface area contributed by atoms with Crippen molar-refractivity contribution in [2.45, 2.75) is 85.2 Å². The number of aryl methyl sites for hydroxylation is 1.